The van der Waals surface area contributed by atoms with Crippen LogP contribution < -0.4 is 10.2 Å². The van der Waals surface area contributed by atoms with Crippen molar-refractivity contribution in [2.75, 3.05) is 38.2 Å². The fraction of sp³-hybridized carbons (Fsp3) is 0.417. The number of ether oxygens (including phenoxy) is 1. The van der Waals surface area contributed by atoms with E-state index in [9.17, 15) is 13.6 Å². The predicted octanol–water partition coefficient (Wildman–Crippen LogP) is -0.182. The summed E-state index contributed by atoms with van der Waals surface area (Å²) >= 11 is 0. The highest BCUT2D eigenvalue weighted by Crippen LogP contribution is 2.14. The van der Waals surface area contributed by atoms with Crippen LogP contribution in [0.4, 0.5) is 14.5 Å². The van der Waals surface area contributed by atoms with Crippen molar-refractivity contribution in [1.29, 1.82) is 0 Å². The van der Waals surface area contributed by atoms with Crippen molar-refractivity contribution in [2.45, 2.75) is 0 Å². The zero-order valence-electron chi connectivity index (χ0n) is 9.84. The van der Waals surface area contributed by atoms with Gasteiger partial charge in [-0.1, -0.05) is 0 Å². The number of morpholine rings is 1. The Bertz CT molecular complexity index is 434. The van der Waals surface area contributed by atoms with Gasteiger partial charge in [-0.2, -0.15) is 0 Å². The Morgan fingerprint density at radius 1 is 1.33 bits per heavy atom. The standard InChI is InChI=1S/C12H14F2N2O2/c13-9-1-2-11(10(14)7-9)15-12(17)8-16-3-5-18-6-4-16/h1-2,7H,3-6,8H2,(H,15,17)/p+1. The molecule has 0 radical (unpaired) electrons. The van der Waals surface area contributed by atoms with Gasteiger partial charge in [-0.25, -0.2) is 8.78 Å². The van der Waals surface area contributed by atoms with Gasteiger partial charge in [0.05, 0.1) is 18.9 Å². The quantitative estimate of drug-likeness (QED) is 0.789. The summed E-state index contributed by atoms with van der Waals surface area (Å²) in [5, 5.41) is 2.44. The van der Waals surface area contributed by atoms with Gasteiger partial charge in [0, 0.05) is 6.07 Å². The second-order valence-electron chi connectivity index (χ2n) is 4.21. The monoisotopic (exact) mass is 257 g/mol. The molecule has 0 unspecified atom stereocenters. The summed E-state index contributed by atoms with van der Waals surface area (Å²) in [4.78, 5) is 12.8. The zero-order valence-corrected chi connectivity index (χ0v) is 9.84. The zero-order chi connectivity index (χ0) is 13.0. The van der Waals surface area contributed by atoms with Crippen molar-refractivity contribution in [3.05, 3.63) is 29.8 Å². The van der Waals surface area contributed by atoms with E-state index in [4.69, 9.17) is 4.74 Å². The van der Waals surface area contributed by atoms with Crippen molar-refractivity contribution < 1.29 is 23.2 Å². The Labute approximate surface area is 104 Å². The average molecular weight is 257 g/mol. The number of amides is 1. The Balaban J connectivity index is 1.90. The number of hydrogen-bond acceptors (Lipinski definition) is 2. The van der Waals surface area contributed by atoms with Crippen LogP contribution >= 0.6 is 0 Å². The van der Waals surface area contributed by atoms with Crippen molar-refractivity contribution in [1.82, 2.24) is 0 Å². The number of hydrogen-bond donors (Lipinski definition) is 2. The molecule has 1 fully saturated rings. The van der Waals surface area contributed by atoms with Crippen molar-refractivity contribution in [3.63, 3.8) is 0 Å². The summed E-state index contributed by atoms with van der Waals surface area (Å²) in [6.45, 7) is 3.06. The molecule has 1 aromatic rings. The number of carbonyl (C=O) groups excluding carboxylic acids is 1. The molecule has 1 amide bonds. The van der Waals surface area contributed by atoms with Crippen LogP contribution in [0.2, 0.25) is 0 Å². The van der Waals surface area contributed by atoms with Gasteiger partial charge < -0.3 is 15.0 Å². The Morgan fingerprint density at radius 3 is 2.72 bits per heavy atom. The van der Waals surface area contributed by atoms with Gasteiger partial charge in [-0.3, -0.25) is 4.79 Å². The van der Waals surface area contributed by atoms with E-state index in [0.717, 1.165) is 30.1 Å². The highest BCUT2D eigenvalue weighted by molar-refractivity contribution is 5.91. The van der Waals surface area contributed by atoms with Gasteiger partial charge >= 0.3 is 0 Å². The minimum Gasteiger partial charge on any atom is -0.370 e. The lowest BCUT2D eigenvalue weighted by molar-refractivity contribution is -0.899. The first-order chi connectivity index (χ1) is 8.65. The summed E-state index contributed by atoms with van der Waals surface area (Å²) in [5.74, 6) is -1.71. The van der Waals surface area contributed by atoms with Crippen LogP contribution in [-0.4, -0.2) is 38.8 Å². The van der Waals surface area contributed by atoms with Gasteiger partial charge in [0.2, 0.25) is 0 Å². The van der Waals surface area contributed by atoms with Crippen molar-refractivity contribution in [3.8, 4) is 0 Å². The highest BCUT2D eigenvalue weighted by atomic mass is 19.1. The third-order valence-corrected chi connectivity index (χ3v) is 2.82. The largest absolute Gasteiger partial charge is 0.370 e. The van der Waals surface area contributed by atoms with Gasteiger partial charge in [0.1, 0.15) is 24.7 Å². The average Bonchev–Trinajstić information content (AvgIpc) is 2.34. The van der Waals surface area contributed by atoms with E-state index in [0.29, 0.717) is 13.2 Å². The summed E-state index contributed by atoms with van der Waals surface area (Å²) in [7, 11) is 0. The first kappa shape index (κ1) is 12.9. The first-order valence-electron chi connectivity index (χ1n) is 5.81. The van der Waals surface area contributed by atoms with Crippen LogP contribution in [0.1, 0.15) is 0 Å². The molecule has 4 nitrogen and oxygen atoms in total. The van der Waals surface area contributed by atoms with E-state index in [1.54, 1.807) is 0 Å². The molecule has 6 heteroatoms. The molecule has 0 aliphatic carbocycles. The number of nitrogens with one attached hydrogen (secondary N) is 2. The van der Waals surface area contributed by atoms with Crippen LogP contribution in [0.3, 0.4) is 0 Å². The van der Waals surface area contributed by atoms with Crippen molar-refractivity contribution >= 4 is 11.6 Å². The molecule has 1 saturated heterocycles. The predicted molar refractivity (Wildman–Crippen MR) is 61.4 cm³/mol. The maximum Gasteiger partial charge on any atom is 0.279 e. The van der Waals surface area contributed by atoms with Gasteiger partial charge in [-0.15, -0.1) is 0 Å². The van der Waals surface area contributed by atoms with E-state index in [1.165, 1.54) is 6.07 Å². The minimum atomic E-state index is -0.764. The van der Waals surface area contributed by atoms with Crippen LogP contribution in [-0.2, 0) is 9.53 Å². The third-order valence-electron chi connectivity index (χ3n) is 2.82. The Morgan fingerprint density at radius 2 is 2.06 bits per heavy atom. The molecule has 0 aromatic heterocycles. The maximum atomic E-state index is 13.3. The summed E-state index contributed by atoms with van der Waals surface area (Å²) in [6, 6.07) is 3.08. The van der Waals surface area contributed by atoms with Crippen LogP contribution in [0.15, 0.2) is 18.2 Å². The maximum absolute atomic E-state index is 13.3. The Hall–Kier alpha value is -1.53. The second kappa shape index (κ2) is 5.88. The minimum absolute atomic E-state index is 0.00839. The number of rotatable bonds is 3. The molecule has 0 saturated carbocycles. The van der Waals surface area contributed by atoms with Gasteiger partial charge in [0.25, 0.3) is 5.91 Å². The number of anilines is 1. The first-order valence-corrected chi connectivity index (χ1v) is 5.81. The highest BCUT2D eigenvalue weighted by Gasteiger charge is 2.18. The lowest BCUT2D eigenvalue weighted by Gasteiger charge is -2.23. The van der Waals surface area contributed by atoms with E-state index < -0.39 is 11.6 Å². The molecule has 1 heterocycles. The number of quaternary nitrogens is 1. The molecular formula is C12H15F2N2O2+. The van der Waals surface area contributed by atoms with Crippen LogP contribution in [0.25, 0.3) is 0 Å². The smallest absolute Gasteiger partial charge is 0.279 e. The normalized spacial score (nSPS) is 16.6. The topological polar surface area (TPSA) is 42.8 Å². The molecule has 0 bridgehead atoms. The third kappa shape index (κ3) is 3.48. The van der Waals surface area contributed by atoms with E-state index in [2.05, 4.69) is 5.32 Å². The molecule has 98 valence electrons. The molecule has 2 rings (SSSR count). The lowest BCUT2D eigenvalue weighted by Crippen LogP contribution is -3.15. The molecular weight excluding hydrogens is 242 g/mol. The summed E-state index contributed by atoms with van der Waals surface area (Å²) in [5.41, 5.74) is 0.00839. The molecule has 0 spiro atoms. The molecule has 0 atom stereocenters. The SMILES string of the molecule is O=C(C[NH+]1CCOCC1)Nc1ccc(F)cc1F. The van der Waals surface area contributed by atoms with E-state index in [-0.39, 0.29) is 18.1 Å². The van der Waals surface area contributed by atoms with Crippen molar-refractivity contribution in [2.24, 2.45) is 0 Å². The molecule has 1 aliphatic rings. The van der Waals surface area contributed by atoms with Gasteiger partial charge in [-0.05, 0) is 12.1 Å². The van der Waals surface area contributed by atoms with Gasteiger partial charge in [0.15, 0.2) is 6.54 Å². The number of carbonyl (C=O) groups is 1. The van der Waals surface area contributed by atoms with Crippen LogP contribution in [0, 0.1) is 11.6 Å². The molecule has 1 aliphatic heterocycles. The summed E-state index contributed by atoms with van der Waals surface area (Å²) in [6.07, 6.45) is 0. The number of benzene rings is 1. The fourth-order valence-electron chi connectivity index (χ4n) is 1.85. The molecule has 1 aromatic carbocycles. The van der Waals surface area contributed by atoms with E-state index in [1.807, 2.05) is 0 Å². The van der Waals surface area contributed by atoms with Crippen LogP contribution in [0.5, 0.6) is 0 Å². The summed E-state index contributed by atoms with van der Waals surface area (Å²) < 4.78 is 31.2. The second-order valence-corrected chi connectivity index (χ2v) is 4.21. The fourth-order valence-corrected chi connectivity index (χ4v) is 1.85. The Kier molecular flexibility index (Phi) is 4.22. The molecule has 2 N–H and O–H groups in total. The molecule has 18 heavy (non-hydrogen) atoms. The van der Waals surface area contributed by atoms with E-state index >= 15 is 0 Å². The number of halogens is 2. The lowest BCUT2D eigenvalue weighted by atomic mass is 10.3.